The van der Waals surface area contributed by atoms with Crippen LogP contribution in [0.3, 0.4) is 0 Å². The number of hydrogen-bond donors (Lipinski definition) is 0. The van der Waals surface area contributed by atoms with Crippen molar-refractivity contribution in [3.8, 4) is 0 Å². The highest BCUT2D eigenvalue weighted by Crippen LogP contribution is 2.23. The third-order valence-electron chi connectivity index (χ3n) is 4.00. The van der Waals surface area contributed by atoms with Gasteiger partial charge in [0, 0.05) is 31.6 Å². The van der Waals surface area contributed by atoms with Gasteiger partial charge in [-0.2, -0.15) is 0 Å². The number of hydrogen-bond acceptors (Lipinski definition) is 3. The van der Waals surface area contributed by atoms with Crippen LogP contribution in [-0.4, -0.2) is 44.3 Å². The lowest BCUT2D eigenvalue weighted by Crippen LogP contribution is -2.34. The molecular formula is C15H19ClN4O. The highest BCUT2D eigenvalue weighted by atomic mass is 35.5. The number of pyridine rings is 1. The Balaban J connectivity index is 2.00. The molecule has 0 aliphatic carbocycles. The summed E-state index contributed by atoms with van der Waals surface area (Å²) in [6.07, 6.45) is 4.55. The Hall–Kier alpha value is -1.62. The lowest BCUT2D eigenvalue weighted by Gasteiger charge is -2.22. The second-order valence-electron chi connectivity index (χ2n) is 5.39. The quantitative estimate of drug-likeness (QED) is 0.815. The van der Waals surface area contributed by atoms with Gasteiger partial charge in [0.25, 0.3) is 0 Å². The van der Waals surface area contributed by atoms with E-state index in [2.05, 4.69) is 9.97 Å². The van der Waals surface area contributed by atoms with Crippen LogP contribution in [0.25, 0.3) is 11.2 Å². The average molecular weight is 307 g/mol. The van der Waals surface area contributed by atoms with Gasteiger partial charge in [-0.05, 0) is 31.9 Å². The van der Waals surface area contributed by atoms with E-state index in [9.17, 15) is 4.79 Å². The Morgan fingerprint density at radius 1 is 1.43 bits per heavy atom. The summed E-state index contributed by atoms with van der Waals surface area (Å²) in [4.78, 5) is 23.6. The molecular weight excluding hydrogens is 288 g/mol. The predicted octanol–water partition coefficient (Wildman–Crippen LogP) is 2.40. The third-order valence-corrected chi connectivity index (χ3v) is 4.19. The normalized spacial score (nSPS) is 16.6. The molecule has 1 unspecified atom stereocenters. The van der Waals surface area contributed by atoms with Crippen molar-refractivity contribution in [1.82, 2.24) is 19.4 Å². The summed E-state index contributed by atoms with van der Waals surface area (Å²) in [5, 5.41) is 0. The van der Waals surface area contributed by atoms with E-state index in [1.165, 1.54) is 0 Å². The maximum Gasteiger partial charge on any atom is 0.245 e. The number of nitrogens with zero attached hydrogens (tertiary/aromatic N) is 4. The second-order valence-corrected chi connectivity index (χ2v) is 5.77. The topological polar surface area (TPSA) is 51.0 Å². The first-order valence-corrected chi connectivity index (χ1v) is 7.92. The minimum Gasteiger partial charge on any atom is -0.341 e. The Kier molecular flexibility index (Phi) is 4.10. The Morgan fingerprint density at radius 2 is 2.19 bits per heavy atom. The summed E-state index contributed by atoms with van der Waals surface area (Å²) in [6, 6.07) is 3.49. The van der Waals surface area contributed by atoms with E-state index in [0.717, 1.165) is 42.9 Å². The molecule has 21 heavy (non-hydrogen) atoms. The van der Waals surface area contributed by atoms with E-state index in [1.807, 2.05) is 28.5 Å². The number of aromatic nitrogens is 3. The maximum absolute atomic E-state index is 12.7. The van der Waals surface area contributed by atoms with Gasteiger partial charge in [-0.25, -0.2) is 9.97 Å². The summed E-state index contributed by atoms with van der Waals surface area (Å²) in [5.41, 5.74) is 1.58. The molecule has 2 aromatic heterocycles. The first kappa shape index (κ1) is 14.3. The molecule has 1 atom stereocenters. The molecule has 0 radical (unpaired) electrons. The zero-order valence-electron chi connectivity index (χ0n) is 12.1. The number of imidazole rings is 1. The summed E-state index contributed by atoms with van der Waals surface area (Å²) in [5.74, 6) is 1.46. The van der Waals surface area contributed by atoms with Crippen molar-refractivity contribution in [2.24, 2.45) is 0 Å². The zero-order valence-corrected chi connectivity index (χ0v) is 12.9. The Bertz CT molecular complexity index is 648. The number of alkyl halides is 1. The highest BCUT2D eigenvalue weighted by Gasteiger charge is 2.27. The number of carbonyl (C=O) groups excluding carboxylic acids is 1. The van der Waals surface area contributed by atoms with Crippen LogP contribution >= 0.6 is 11.6 Å². The number of fused-ring (bicyclic) bond motifs is 1. The smallest absolute Gasteiger partial charge is 0.245 e. The van der Waals surface area contributed by atoms with Crippen LogP contribution in [0.1, 0.15) is 31.6 Å². The van der Waals surface area contributed by atoms with E-state index in [1.54, 1.807) is 6.20 Å². The van der Waals surface area contributed by atoms with Crippen molar-refractivity contribution in [3.05, 3.63) is 24.2 Å². The lowest BCUT2D eigenvalue weighted by molar-refractivity contribution is -0.133. The lowest BCUT2D eigenvalue weighted by atomic mass is 10.2. The molecule has 3 heterocycles. The average Bonchev–Trinajstić information content (AvgIpc) is 3.13. The molecule has 1 amide bonds. The zero-order chi connectivity index (χ0) is 14.8. The number of halogens is 1. The standard InChI is InChI=1S/C15H19ClN4O/c1-11(15(21)19-9-2-3-10-19)20-13(6-7-16)18-12-5-4-8-17-14(12)20/h4-5,8,11H,2-3,6-7,9-10H2,1H3. The molecule has 0 N–H and O–H groups in total. The van der Waals surface area contributed by atoms with Crippen molar-refractivity contribution in [1.29, 1.82) is 0 Å². The molecule has 112 valence electrons. The molecule has 1 aliphatic heterocycles. The van der Waals surface area contributed by atoms with Crippen molar-refractivity contribution < 1.29 is 4.79 Å². The van der Waals surface area contributed by atoms with E-state index in [4.69, 9.17) is 11.6 Å². The first-order chi connectivity index (χ1) is 10.2. The summed E-state index contributed by atoms with van der Waals surface area (Å²) < 4.78 is 1.94. The van der Waals surface area contributed by atoms with Crippen LogP contribution in [0.5, 0.6) is 0 Å². The van der Waals surface area contributed by atoms with E-state index < -0.39 is 0 Å². The van der Waals surface area contributed by atoms with Crippen LogP contribution in [0.2, 0.25) is 0 Å². The molecule has 5 nitrogen and oxygen atoms in total. The molecule has 1 saturated heterocycles. The van der Waals surface area contributed by atoms with Gasteiger partial charge in [-0.3, -0.25) is 4.79 Å². The fourth-order valence-electron chi connectivity index (χ4n) is 2.96. The number of aryl methyl sites for hydroxylation is 1. The van der Waals surface area contributed by atoms with Gasteiger partial charge >= 0.3 is 0 Å². The molecule has 0 spiro atoms. The summed E-state index contributed by atoms with van der Waals surface area (Å²) in [7, 11) is 0. The van der Waals surface area contributed by atoms with Crippen molar-refractivity contribution >= 4 is 28.7 Å². The van der Waals surface area contributed by atoms with Gasteiger partial charge in [-0.15, -0.1) is 11.6 Å². The fraction of sp³-hybridized carbons (Fsp3) is 0.533. The van der Waals surface area contributed by atoms with Crippen molar-refractivity contribution in [3.63, 3.8) is 0 Å². The van der Waals surface area contributed by atoms with Crippen molar-refractivity contribution in [2.45, 2.75) is 32.2 Å². The fourth-order valence-corrected chi connectivity index (χ4v) is 3.13. The highest BCUT2D eigenvalue weighted by molar-refractivity contribution is 6.17. The Morgan fingerprint density at radius 3 is 2.90 bits per heavy atom. The molecule has 0 aromatic carbocycles. The van der Waals surface area contributed by atoms with Gasteiger partial charge in [0.15, 0.2) is 5.65 Å². The molecule has 0 bridgehead atoms. The van der Waals surface area contributed by atoms with E-state index in [0.29, 0.717) is 12.3 Å². The predicted molar refractivity (Wildman–Crippen MR) is 82.5 cm³/mol. The van der Waals surface area contributed by atoms with Gasteiger partial charge in [-0.1, -0.05) is 0 Å². The van der Waals surface area contributed by atoms with Gasteiger partial charge in [0.05, 0.1) is 0 Å². The number of likely N-dealkylation sites (tertiary alicyclic amines) is 1. The van der Waals surface area contributed by atoms with Gasteiger partial charge < -0.3 is 9.47 Å². The first-order valence-electron chi connectivity index (χ1n) is 7.39. The minimum absolute atomic E-state index is 0.147. The van der Waals surface area contributed by atoms with Crippen LogP contribution in [0.4, 0.5) is 0 Å². The van der Waals surface area contributed by atoms with Crippen LogP contribution < -0.4 is 0 Å². The number of amides is 1. The number of carbonyl (C=O) groups is 1. The molecule has 1 fully saturated rings. The van der Waals surface area contributed by atoms with Crippen LogP contribution in [0, 0.1) is 0 Å². The van der Waals surface area contributed by atoms with Crippen LogP contribution in [-0.2, 0) is 11.2 Å². The third kappa shape index (κ3) is 2.62. The molecule has 2 aromatic rings. The molecule has 0 saturated carbocycles. The SMILES string of the molecule is CC(C(=O)N1CCCC1)n1c(CCCl)nc2cccnc21. The monoisotopic (exact) mass is 306 g/mol. The van der Waals surface area contributed by atoms with Crippen LogP contribution in [0.15, 0.2) is 18.3 Å². The summed E-state index contributed by atoms with van der Waals surface area (Å²) >= 11 is 5.88. The van der Waals surface area contributed by atoms with E-state index in [-0.39, 0.29) is 11.9 Å². The molecule has 6 heteroatoms. The Labute approximate surface area is 128 Å². The molecule has 3 rings (SSSR count). The van der Waals surface area contributed by atoms with Gasteiger partial charge in [0.1, 0.15) is 17.4 Å². The largest absolute Gasteiger partial charge is 0.341 e. The van der Waals surface area contributed by atoms with Crippen molar-refractivity contribution in [2.75, 3.05) is 19.0 Å². The number of rotatable bonds is 4. The van der Waals surface area contributed by atoms with Gasteiger partial charge in [0.2, 0.25) is 5.91 Å². The summed E-state index contributed by atoms with van der Waals surface area (Å²) in [6.45, 7) is 3.64. The van der Waals surface area contributed by atoms with E-state index >= 15 is 0 Å². The second kappa shape index (κ2) is 6.02. The maximum atomic E-state index is 12.7. The minimum atomic E-state index is -0.291. The molecule has 1 aliphatic rings.